The van der Waals surface area contributed by atoms with Gasteiger partial charge in [0.05, 0.1) is 19.3 Å². The topological polar surface area (TPSA) is 176 Å². The summed E-state index contributed by atoms with van der Waals surface area (Å²) in [6.07, 6.45) is 0.355. The van der Waals surface area contributed by atoms with Gasteiger partial charge in [-0.1, -0.05) is 98.7 Å². The number of phenolic OH excluding ortho intramolecular Hbond substituents is 3. The Morgan fingerprint density at radius 1 is 0.414 bits per heavy atom. The molecule has 6 rings (SSSR count). The summed E-state index contributed by atoms with van der Waals surface area (Å²) < 4.78 is 18.8. The van der Waals surface area contributed by atoms with Crippen LogP contribution in [0.25, 0.3) is 0 Å². The van der Waals surface area contributed by atoms with E-state index in [1.807, 2.05) is 119 Å². The minimum atomic E-state index is -2.15. The average Bonchev–Trinajstić information content (AvgIpc) is 3.25. The lowest BCUT2D eigenvalue weighted by molar-refractivity contribution is -0.116. The summed E-state index contributed by atoms with van der Waals surface area (Å²) in [6.45, 7) is 23.6. The molecule has 13 heteroatoms. The number of carbonyl (C=O) groups is 3. The number of aryl methyl sites for hydroxylation is 3. The molecule has 0 unspecified atom stereocenters. The molecule has 0 saturated carbocycles. The molecule has 0 fully saturated rings. The van der Waals surface area contributed by atoms with Crippen LogP contribution in [0.5, 0.6) is 34.5 Å². The van der Waals surface area contributed by atoms with Crippen molar-refractivity contribution in [1.29, 1.82) is 0 Å². The molecular formula is C57H66N3O9P. The van der Waals surface area contributed by atoms with E-state index in [1.54, 1.807) is 72.8 Å². The van der Waals surface area contributed by atoms with Crippen LogP contribution < -0.4 is 29.5 Å². The number of hydrogen-bond acceptors (Lipinski definition) is 9. The molecule has 6 N–H and O–H groups in total. The molecule has 0 heterocycles. The molecule has 3 amide bonds. The largest absolute Gasteiger partial charge is 0.530 e. The van der Waals surface area contributed by atoms with Crippen molar-refractivity contribution in [3.05, 3.63) is 159 Å². The fourth-order valence-corrected chi connectivity index (χ4v) is 8.86. The van der Waals surface area contributed by atoms with Crippen LogP contribution in [0.3, 0.4) is 0 Å². The molecule has 0 aliphatic heterocycles. The summed E-state index contributed by atoms with van der Waals surface area (Å²) in [6, 6.07) is 31.5. The maximum absolute atomic E-state index is 13.2. The summed E-state index contributed by atoms with van der Waals surface area (Å²) in [4.78, 5) is 39.5. The quantitative estimate of drug-likeness (QED) is 0.0547. The van der Waals surface area contributed by atoms with Crippen molar-refractivity contribution in [1.82, 2.24) is 0 Å². The zero-order valence-electron chi connectivity index (χ0n) is 42.3. The summed E-state index contributed by atoms with van der Waals surface area (Å²) >= 11 is 0. The van der Waals surface area contributed by atoms with Crippen molar-refractivity contribution in [3.8, 4) is 34.5 Å². The first kappa shape index (κ1) is 52.3. The summed E-state index contributed by atoms with van der Waals surface area (Å²) in [5.41, 5.74) is 7.60. The Balaban J connectivity index is 1.14. The van der Waals surface area contributed by atoms with Gasteiger partial charge in [-0.05, 0) is 160 Å². The lowest BCUT2D eigenvalue weighted by Gasteiger charge is -2.22. The lowest BCUT2D eigenvalue weighted by Crippen LogP contribution is -2.16. The first-order valence-corrected chi connectivity index (χ1v) is 24.3. The van der Waals surface area contributed by atoms with Crippen molar-refractivity contribution >= 4 is 43.4 Å². The van der Waals surface area contributed by atoms with E-state index in [0.29, 0.717) is 51.0 Å². The van der Waals surface area contributed by atoms with Crippen molar-refractivity contribution in [3.63, 3.8) is 0 Å². The van der Waals surface area contributed by atoms with Crippen molar-refractivity contribution in [2.45, 2.75) is 119 Å². The van der Waals surface area contributed by atoms with Crippen LogP contribution in [0.2, 0.25) is 0 Å². The second-order valence-corrected chi connectivity index (χ2v) is 21.9. The predicted molar refractivity (Wildman–Crippen MR) is 280 cm³/mol. The summed E-state index contributed by atoms with van der Waals surface area (Å²) in [5.74, 6) is 1.26. The van der Waals surface area contributed by atoms with Gasteiger partial charge >= 0.3 is 8.60 Å². The highest BCUT2D eigenvalue weighted by Gasteiger charge is 2.25. The van der Waals surface area contributed by atoms with E-state index in [2.05, 4.69) is 16.0 Å². The van der Waals surface area contributed by atoms with Crippen molar-refractivity contribution in [2.24, 2.45) is 0 Å². The molecule has 70 heavy (non-hydrogen) atoms. The number of anilines is 3. The third-order valence-corrected chi connectivity index (χ3v) is 12.6. The number of hydrogen-bond donors (Lipinski definition) is 6. The number of amides is 3. The molecule has 0 radical (unpaired) electrons. The summed E-state index contributed by atoms with van der Waals surface area (Å²) in [7, 11) is -2.15. The highest BCUT2D eigenvalue weighted by atomic mass is 31.2. The molecule has 12 nitrogen and oxygen atoms in total. The summed E-state index contributed by atoms with van der Waals surface area (Å²) in [5, 5.41) is 40.8. The van der Waals surface area contributed by atoms with E-state index < -0.39 is 8.60 Å². The SMILES string of the molecule is Cc1cc(CC(=O)Nc2ccc(OP(Oc3ccc(NC(=O)Cc4cc(C)c(O)c(C(C)(C)C)c4)cc3)Oc3ccc(NC(=O)Cc4cc(C)c(O)c(C(C)(C)C)c4)cc3)cc2)cc(C(C)(C)C)c1O. The van der Waals surface area contributed by atoms with Gasteiger partial charge in [0.25, 0.3) is 0 Å². The Labute approximate surface area is 413 Å². The van der Waals surface area contributed by atoms with E-state index in [4.69, 9.17) is 13.6 Å². The smallest absolute Gasteiger partial charge is 0.507 e. The molecule has 6 aromatic carbocycles. The van der Waals surface area contributed by atoms with Crippen molar-refractivity contribution < 1.29 is 43.3 Å². The van der Waals surface area contributed by atoms with E-state index >= 15 is 0 Å². The fourth-order valence-electron chi connectivity index (χ4n) is 7.87. The zero-order chi connectivity index (χ0) is 51.3. The minimum Gasteiger partial charge on any atom is -0.507 e. The van der Waals surface area contributed by atoms with Gasteiger partial charge < -0.3 is 44.8 Å². The standard InChI is InChI=1S/C57H66N3O9P/c1-34-25-37(28-46(52(34)64)55(4,5)6)31-49(61)58-40-13-19-43(20-14-40)67-70(68-44-21-15-41(16-22-44)59-50(62)32-38-26-35(2)53(65)47(29-38)56(7,8)9)69-45-23-17-42(18-24-45)60-51(63)33-39-27-36(3)54(66)48(30-39)57(10,11)12/h13-30,64-66H,31-33H2,1-12H3,(H,58,61)(H,59,62)(H,60,63). The molecule has 368 valence electrons. The molecule has 0 bridgehead atoms. The zero-order valence-corrected chi connectivity index (χ0v) is 43.1. The van der Waals surface area contributed by atoms with E-state index in [9.17, 15) is 29.7 Å². The van der Waals surface area contributed by atoms with E-state index in [0.717, 1.165) is 33.4 Å². The third-order valence-electron chi connectivity index (χ3n) is 11.6. The van der Waals surface area contributed by atoms with Crippen LogP contribution in [0.4, 0.5) is 17.1 Å². The van der Waals surface area contributed by atoms with E-state index in [-0.39, 0.29) is 70.5 Å². The Hall–Kier alpha value is -7.04. The maximum Gasteiger partial charge on any atom is 0.530 e. The minimum absolute atomic E-state index is 0.118. The Kier molecular flexibility index (Phi) is 15.9. The average molecular weight is 968 g/mol. The molecule has 0 atom stereocenters. The van der Waals surface area contributed by atoms with Gasteiger partial charge in [-0.15, -0.1) is 0 Å². The highest BCUT2D eigenvalue weighted by Crippen LogP contribution is 2.43. The number of carbonyl (C=O) groups excluding carboxylic acids is 3. The van der Waals surface area contributed by atoms with Crippen LogP contribution in [0, 0.1) is 20.8 Å². The number of nitrogens with one attached hydrogen (secondary N) is 3. The van der Waals surface area contributed by atoms with Gasteiger partial charge in [0.1, 0.15) is 34.5 Å². The normalized spacial score (nSPS) is 11.8. The van der Waals surface area contributed by atoms with Crippen molar-refractivity contribution in [2.75, 3.05) is 16.0 Å². The molecule has 0 aromatic heterocycles. The maximum atomic E-state index is 13.2. The monoisotopic (exact) mass is 967 g/mol. The molecule has 0 aliphatic carbocycles. The van der Waals surface area contributed by atoms with E-state index in [1.165, 1.54) is 0 Å². The van der Waals surface area contributed by atoms with Gasteiger partial charge in [0.2, 0.25) is 17.7 Å². The molecular weight excluding hydrogens is 902 g/mol. The van der Waals surface area contributed by atoms with Gasteiger partial charge in [-0.25, -0.2) is 0 Å². The molecule has 6 aromatic rings. The number of phenols is 3. The molecule has 0 spiro atoms. The lowest BCUT2D eigenvalue weighted by atomic mass is 9.84. The van der Waals surface area contributed by atoms with Crippen LogP contribution >= 0.6 is 8.60 Å². The second kappa shape index (κ2) is 21.3. The first-order valence-electron chi connectivity index (χ1n) is 23.2. The van der Waals surface area contributed by atoms with Crippen LogP contribution in [0.1, 0.15) is 112 Å². The Bertz CT molecular complexity index is 2550. The second-order valence-electron chi connectivity index (χ2n) is 20.9. The number of benzene rings is 6. The number of rotatable bonds is 15. The van der Waals surface area contributed by atoms with Crippen LogP contribution in [-0.2, 0) is 49.9 Å². The Morgan fingerprint density at radius 2 is 0.643 bits per heavy atom. The van der Waals surface area contributed by atoms with Gasteiger partial charge in [-0.2, -0.15) is 0 Å². The van der Waals surface area contributed by atoms with Crippen LogP contribution in [0.15, 0.2) is 109 Å². The van der Waals surface area contributed by atoms with Gasteiger partial charge in [0, 0.05) is 17.1 Å². The van der Waals surface area contributed by atoms with Gasteiger partial charge in [-0.3, -0.25) is 14.4 Å². The third kappa shape index (κ3) is 14.0. The molecule has 0 aliphatic rings. The van der Waals surface area contributed by atoms with Gasteiger partial charge in [0.15, 0.2) is 0 Å². The predicted octanol–water partition coefficient (Wildman–Crippen LogP) is 12.9. The highest BCUT2D eigenvalue weighted by molar-refractivity contribution is 7.43. The first-order chi connectivity index (χ1) is 32.7. The Morgan fingerprint density at radius 3 is 0.857 bits per heavy atom. The fraction of sp³-hybridized carbons (Fsp3) is 0.316. The number of aromatic hydroxyl groups is 3. The van der Waals surface area contributed by atoms with Crippen LogP contribution in [-0.4, -0.2) is 33.0 Å². The molecule has 0 saturated heterocycles.